The fraction of sp³-hybridized carbons (Fsp3) is 0.588. The molecule has 3 rings (SSSR count). The van der Waals surface area contributed by atoms with Gasteiger partial charge in [0.05, 0.1) is 6.04 Å². The first-order valence-electron chi connectivity index (χ1n) is 7.83. The average Bonchev–Trinajstić information content (AvgIpc) is 3.34. The maximum atomic E-state index is 14.2. The number of carbonyl (C=O) groups is 1. The molecule has 1 saturated heterocycles. The normalized spacial score (nSPS) is 23.6. The van der Waals surface area contributed by atoms with E-state index in [4.69, 9.17) is 0 Å². The van der Waals surface area contributed by atoms with Crippen molar-refractivity contribution < 1.29 is 9.18 Å². The van der Waals surface area contributed by atoms with Gasteiger partial charge < -0.3 is 0 Å². The van der Waals surface area contributed by atoms with Crippen LogP contribution in [0.15, 0.2) is 24.3 Å². The molecule has 5 heteroatoms. The molecule has 0 aromatic heterocycles. The van der Waals surface area contributed by atoms with Gasteiger partial charge in [-0.3, -0.25) is 9.69 Å². The topological polar surface area (TPSA) is 20.3 Å². The summed E-state index contributed by atoms with van der Waals surface area (Å²) >= 11 is 4.40. The number of ketones is 1. The van der Waals surface area contributed by atoms with Gasteiger partial charge in [-0.05, 0) is 50.0 Å². The van der Waals surface area contributed by atoms with Crippen molar-refractivity contribution in [1.82, 2.24) is 4.90 Å². The second-order valence-corrected chi connectivity index (χ2v) is 6.65. The van der Waals surface area contributed by atoms with Crippen molar-refractivity contribution >= 4 is 30.8 Å². The van der Waals surface area contributed by atoms with Crippen LogP contribution < -0.4 is 0 Å². The van der Waals surface area contributed by atoms with Gasteiger partial charge in [-0.25, -0.2) is 4.39 Å². The van der Waals surface area contributed by atoms with E-state index in [-0.39, 0.29) is 29.9 Å². The number of carbonyl (C=O) groups excluding carboxylic acids is 1. The third kappa shape index (κ3) is 3.84. The van der Waals surface area contributed by atoms with Crippen LogP contribution in [0.5, 0.6) is 0 Å². The van der Waals surface area contributed by atoms with E-state index in [1.54, 1.807) is 12.1 Å². The van der Waals surface area contributed by atoms with Crippen molar-refractivity contribution in [2.75, 3.05) is 18.8 Å². The first-order chi connectivity index (χ1) is 10.2. The zero-order valence-electron chi connectivity index (χ0n) is 12.6. The van der Waals surface area contributed by atoms with E-state index in [1.165, 1.54) is 6.07 Å². The Morgan fingerprint density at radius 3 is 2.68 bits per heavy atom. The van der Waals surface area contributed by atoms with Crippen LogP contribution in [0.3, 0.4) is 0 Å². The Bertz CT molecular complexity index is 523. The summed E-state index contributed by atoms with van der Waals surface area (Å²) in [5, 5.41) is 0. The summed E-state index contributed by atoms with van der Waals surface area (Å²) in [4.78, 5) is 14.9. The molecule has 0 amide bonds. The smallest absolute Gasteiger partial charge is 0.157 e. The Balaban J connectivity index is 0.00000176. The first kappa shape index (κ1) is 17.8. The van der Waals surface area contributed by atoms with E-state index < -0.39 is 6.04 Å². The van der Waals surface area contributed by atoms with Crippen molar-refractivity contribution in [2.24, 2.45) is 11.8 Å². The highest BCUT2D eigenvalue weighted by Crippen LogP contribution is 2.39. The monoisotopic (exact) mass is 343 g/mol. The van der Waals surface area contributed by atoms with Gasteiger partial charge in [-0.1, -0.05) is 18.2 Å². The average molecular weight is 344 g/mol. The summed E-state index contributed by atoms with van der Waals surface area (Å²) in [6.45, 7) is 1.72. The van der Waals surface area contributed by atoms with Gasteiger partial charge >= 0.3 is 0 Å². The summed E-state index contributed by atoms with van der Waals surface area (Å²) in [6.07, 6.45) is 4.15. The van der Waals surface area contributed by atoms with E-state index in [1.807, 2.05) is 6.07 Å². The summed E-state index contributed by atoms with van der Waals surface area (Å²) in [5.41, 5.74) is 0.550. The third-order valence-corrected chi connectivity index (χ3v) is 5.14. The van der Waals surface area contributed by atoms with E-state index in [0.717, 1.165) is 44.5 Å². The zero-order valence-corrected chi connectivity index (χ0v) is 14.3. The summed E-state index contributed by atoms with van der Waals surface area (Å²) in [6, 6.07) is 6.34. The molecule has 0 radical (unpaired) electrons. The Hall–Kier alpha value is -0.580. The maximum absolute atomic E-state index is 14.2. The second kappa shape index (κ2) is 7.80. The van der Waals surface area contributed by atoms with E-state index >= 15 is 0 Å². The fourth-order valence-electron chi connectivity index (χ4n) is 3.30. The fourth-order valence-corrected chi connectivity index (χ4v) is 3.60. The van der Waals surface area contributed by atoms with Crippen LogP contribution in [0.4, 0.5) is 4.39 Å². The maximum Gasteiger partial charge on any atom is 0.157 e. The Kier molecular flexibility index (Phi) is 6.30. The number of halogens is 2. The second-order valence-electron chi connectivity index (χ2n) is 6.29. The van der Waals surface area contributed by atoms with E-state index in [9.17, 15) is 9.18 Å². The highest BCUT2D eigenvalue weighted by molar-refractivity contribution is 7.80. The number of thiol groups is 1. The van der Waals surface area contributed by atoms with Gasteiger partial charge in [0.1, 0.15) is 5.82 Å². The lowest BCUT2D eigenvalue weighted by Crippen LogP contribution is -2.42. The Morgan fingerprint density at radius 1 is 1.32 bits per heavy atom. The number of nitrogens with zero attached hydrogens (tertiary/aromatic N) is 1. The highest BCUT2D eigenvalue weighted by Gasteiger charge is 2.40. The molecular formula is C17H23ClFNOS. The van der Waals surface area contributed by atoms with Crippen LogP contribution in [0, 0.1) is 17.7 Å². The minimum atomic E-state index is -0.401. The van der Waals surface area contributed by atoms with Crippen molar-refractivity contribution in [3.8, 4) is 0 Å². The molecule has 2 fully saturated rings. The molecule has 1 heterocycles. The molecule has 2 nitrogen and oxygen atoms in total. The van der Waals surface area contributed by atoms with E-state index in [2.05, 4.69) is 17.5 Å². The van der Waals surface area contributed by atoms with Crippen LogP contribution in [-0.4, -0.2) is 29.5 Å². The zero-order chi connectivity index (χ0) is 14.8. The number of benzene rings is 1. The Morgan fingerprint density at radius 2 is 2.05 bits per heavy atom. The number of likely N-dealkylation sites (tertiary alicyclic amines) is 1. The third-order valence-electron chi connectivity index (χ3n) is 4.62. The van der Waals surface area contributed by atoms with Crippen LogP contribution in [-0.2, 0) is 4.79 Å². The quantitative estimate of drug-likeness (QED) is 0.818. The number of rotatable bonds is 5. The minimum absolute atomic E-state index is 0. The Labute approximate surface area is 143 Å². The molecule has 2 atom stereocenters. The molecule has 1 saturated carbocycles. The van der Waals surface area contributed by atoms with Gasteiger partial charge in [0.25, 0.3) is 0 Å². The minimum Gasteiger partial charge on any atom is -0.297 e. The lowest BCUT2D eigenvalue weighted by Gasteiger charge is -2.37. The first-order valence-corrected chi connectivity index (χ1v) is 8.47. The summed E-state index contributed by atoms with van der Waals surface area (Å²) in [7, 11) is 0. The van der Waals surface area contributed by atoms with Gasteiger partial charge in [0.2, 0.25) is 0 Å². The standard InChI is InChI=1S/C17H22FNOS.ClH/c18-15-6-2-1-5-14(15)16(17(20)13-7-8-13)19-9-3-4-12(10-19)11-21;/h1-2,5-6,12-13,16,21H,3-4,7-11H2;1H. The van der Waals surface area contributed by atoms with Gasteiger partial charge in [-0.15, -0.1) is 12.4 Å². The molecule has 0 bridgehead atoms. The molecule has 22 heavy (non-hydrogen) atoms. The van der Waals surface area contributed by atoms with Gasteiger partial charge in [-0.2, -0.15) is 12.6 Å². The molecule has 1 aliphatic carbocycles. The predicted molar refractivity (Wildman–Crippen MR) is 92.3 cm³/mol. The van der Waals surface area contributed by atoms with E-state index in [0.29, 0.717) is 11.5 Å². The number of Topliss-reactive ketones (excluding diaryl/α,β-unsaturated/α-hetero) is 1. The molecule has 122 valence electrons. The van der Waals surface area contributed by atoms with Crippen molar-refractivity contribution in [2.45, 2.75) is 31.7 Å². The molecule has 1 aromatic rings. The predicted octanol–water partition coefficient (Wildman–Crippen LogP) is 3.91. The van der Waals surface area contributed by atoms with Crippen LogP contribution in [0.25, 0.3) is 0 Å². The van der Waals surface area contributed by atoms with Crippen molar-refractivity contribution in [3.63, 3.8) is 0 Å². The highest BCUT2D eigenvalue weighted by atomic mass is 35.5. The van der Waals surface area contributed by atoms with Crippen LogP contribution >= 0.6 is 25.0 Å². The van der Waals surface area contributed by atoms with Gasteiger partial charge in [0.15, 0.2) is 5.78 Å². The number of hydrogen-bond acceptors (Lipinski definition) is 3. The summed E-state index contributed by atoms with van der Waals surface area (Å²) < 4.78 is 14.2. The van der Waals surface area contributed by atoms with Crippen LogP contribution in [0.2, 0.25) is 0 Å². The van der Waals surface area contributed by atoms with Gasteiger partial charge in [0, 0.05) is 18.0 Å². The number of piperidine rings is 1. The summed E-state index contributed by atoms with van der Waals surface area (Å²) in [5.74, 6) is 1.43. The largest absolute Gasteiger partial charge is 0.297 e. The lowest BCUT2D eigenvalue weighted by molar-refractivity contribution is -0.126. The SMILES string of the molecule is Cl.O=C(C1CC1)C(c1ccccc1F)N1CCCC(CS)C1. The molecular weight excluding hydrogens is 321 g/mol. The lowest BCUT2D eigenvalue weighted by atomic mass is 9.92. The molecule has 0 N–H and O–H groups in total. The van der Waals surface area contributed by atoms with Crippen molar-refractivity contribution in [3.05, 3.63) is 35.6 Å². The molecule has 2 unspecified atom stereocenters. The molecule has 0 spiro atoms. The molecule has 1 aromatic carbocycles. The van der Waals surface area contributed by atoms with Crippen molar-refractivity contribution in [1.29, 1.82) is 0 Å². The molecule has 2 aliphatic rings. The van der Waals surface area contributed by atoms with Crippen LogP contribution in [0.1, 0.15) is 37.3 Å². The molecule has 1 aliphatic heterocycles. The number of hydrogen-bond donors (Lipinski definition) is 1.